The van der Waals surface area contributed by atoms with Gasteiger partial charge in [-0.25, -0.2) is 4.79 Å². The number of nitrogens with zero attached hydrogens (tertiary/aromatic N) is 2. The first-order valence-electron chi connectivity index (χ1n) is 25.7. The molecule has 0 spiro atoms. The molecule has 20 heteroatoms. The molecule has 10 N–H and O–H groups in total. The molecule has 2 aliphatic rings. The van der Waals surface area contributed by atoms with Crippen molar-refractivity contribution in [3.8, 4) is 5.75 Å². The van der Waals surface area contributed by atoms with Crippen molar-refractivity contribution >= 4 is 52.9 Å². The zero-order valence-corrected chi connectivity index (χ0v) is 43.4. The molecule has 4 bridgehead atoms. The molecule has 1 aromatic carbocycles. The zero-order valence-electron chi connectivity index (χ0n) is 43.4. The van der Waals surface area contributed by atoms with Crippen LogP contribution in [0, 0.1) is 5.92 Å². The molecule has 1 unspecified atom stereocenters. The average molecular weight is 1010 g/mol. The van der Waals surface area contributed by atoms with Crippen molar-refractivity contribution in [2.45, 2.75) is 180 Å². The number of aliphatic hydroxyl groups excluding tert-OH is 2. The molecule has 3 rings (SSSR count). The number of benzene rings is 1. The Balaban J connectivity index is 1.66. The van der Waals surface area contributed by atoms with E-state index >= 15 is 0 Å². The van der Waals surface area contributed by atoms with Crippen LogP contribution in [0.5, 0.6) is 5.75 Å². The van der Waals surface area contributed by atoms with Gasteiger partial charge in [0.1, 0.15) is 36.0 Å². The number of aromatic hydroxyl groups is 1. The van der Waals surface area contributed by atoms with E-state index < -0.39 is 97.0 Å². The van der Waals surface area contributed by atoms with Gasteiger partial charge in [-0.3, -0.25) is 33.6 Å². The first kappa shape index (κ1) is 60.4. The molecule has 1 aliphatic heterocycles. The fraction of sp³-hybridized carbons (Fsp3) is 0.654. The van der Waals surface area contributed by atoms with E-state index in [1.807, 2.05) is 13.8 Å². The maximum absolute atomic E-state index is 14.2. The summed E-state index contributed by atoms with van der Waals surface area (Å²) in [6.45, 7) is 7.39. The van der Waals surface area contributed by atoms with Gasteiger partial charge in [-0.15, -0.1) is 0 Å². The summed E-state index contributed by atoms with van der Waals surface area (Å²) in [5, 5.41) is 44.7. The monoisotopic (exact) mass is 1010 g/mol. The number of hydrogen-bond donors (Lipinski definition) is 9. The van der Waals surface area contributed by atoms with E-state index in [1.54, 1.807) is 12.2 Å². The number of ether oxygens (including phenoxy) is 1. The van der Waals surface area contributed by atoms with Gasteiger partial charge in [0.05, 0.1) is 25.9 Å². The number of phenolic OH excluding ortho intramolecular Hbond substituents is 1. The quantitative estimate of drug-likeness (QED) is 0.0349. The number of nitrogens with one attached hydrogen (secondary N) is 5. The van der Waals surface area contributed by atoms with Gasteiger partial charge in [0.2, 0.25) is 35.4 Å². The van der Waals surface area contributed by atoms with Crippen molar-refractivity contribution in [3.63, 3.8) is 0 Å². The van der Waals surface area contributed by atoms with Crippen LogP contribution < -0.4 is 32.3 Å². The second kappa shape index (κ2) is 30.9. The van der Waals surface area contributed by atoms with Crippen LogP contribution in [0.1, 0.15) is 155 Å². The fourth-order valence-corrected chi connectivity index (χ4v) is 8.38. The Labute approximate surface area is 424 Å². The molecule has 1 aliphatic carbocycles. The molecule has 72 heavy (non-hydrogen) atoms. The van der Waals surface area contributed by atoms with Crippen molar-refractivity contribution in [3.05, 3.63) is 47.1 Å². The number of carbonyl (C=O) groups excluding carboxylic acids is 8. The number of amides is 7. The van der Waals surface area contributed by atoms with Crippen molar-refractivity contribution in [1.29, 1.82) is 0 Å². The third-order valence-electron chi connectivity index (χ3n) is 12.9. The number of aliphatic hydroxyl groups is 2. The Morgan fingerprint density at radius 2 is 1.46 bits per heavy atom. The predicted octanol–water partition coefficient (Wildman–Crippen LogP) is 2.88. The Morgan fingerprint density at radius 1 is 0.847 bits per heavy atom. The van der Waals surface area contributed by atoms with Gasteiger partial charge in [-0.05, 0) is 61.4 Å². The van der Waals surface area contributed by atoms with Gasteiger partial charge in [-0.1, -0.05) is 116 Å². The lowest BCUT2D eigenvalue weighted by Crippen LogP contribution is -2.59. The maximum Gasteiger partial charge on any atom is 0.328 e. The second-order valence-corrected chi connectivity index (χ2v) is 19.5. The van der Waals surface area contributed by atoms with E-state index in [-0.39, 0.29) is 60.1 Å². The smallest absolute Gasteiger partial charge is 0.328 e. The van der Waals surface area contributed by atoms with Crippen molar-refractivity contribution < 1.29 is 58.4 Å². The summed E-state index contributed by atoms with van der Waals surface area (Å²) in [4.78, 5) is 109. The van der Waals surface area contributed by atoms with Crippen molar-refractivity contribution in [2.75, 3.05) is 33.9 Å². The zero-order chi connectivity index (χ0) is 53.5. The number of nitrogens with two attached hydrogens (primary N) is 1. The van der Waals surface area contributed by atoms with Crippen LogP contribution in [0.25, 0.3) is 5.57 Å². The Hall–Kier alpha value is -5.86. The van der Waals surface area contributed by atoms with Gasteiger partial charge in [0.15, 0.2) is 6.17 Å². The molecule has 20 nitrogen and oxygen atoms in total. The number of carbonyl (C=O) groups is 8. The largest absolute Gasteiger partial charge is 0.507 e. The van der Waals surface area contributed by atoms with Gasteiger partial charge in [-0.2, -0.15) is 0 Å². The lowest BCUT2D eigenvalue weighted by molar-refractivity contribution is -0.148. The topological polar surface area (TPSA) is 299 Å². The number of hydrogen-bond acceptors (Lipinski definition) is 13. The first-order valence-corrected chi connectivity index (χ1v) is 25.7. The fourth-order valence-electron chi connectivity index (χ4n) is 8.38. The standard InChI is InChI=1S/C52H82N8O12/c1-8-9-10-11-12-13-14-15-16-17-18-19-20-21-43(64)59(6)40(30-61)49(68)58-46(53)51(70)54-29-44(65)60(7)45-36-23-25-42(63)38(28-36)37-26-35(22-24-41(37)62)27-39(57-47(66)33(4)55-50(45)69)48(67)56-34(5)52(71)72-31-32(2)3/h22-23,25-26,28,32-34,39-41,45-46,61-63H,8-21,24,27,29-31,53H2,1-7H3,(H,54,70)(H,55,69)(H,56,67)(H,57,66)(H,58,68)/t33-,34+,39-,40+,41?,45-,46-/m0/s1. The van der Waals surface area contributed by atoms with Crippen LogP contribution in [-0.2, 0) is 43.1 Å². The summed E-state index contributed by atoms with van der Waals surface area (Å²) in [6.07, 6.45) is 15.4. The number of phenols is 1. The normalized spacial score (nSPS) is 19.2. The third-order valence-corrected chi connectivity index (χ3v) is 12.9. The number of fused-ring (bicyclic) bond motifs is 4. The SMILES string of the molecule is CCCCCCCCCCCCCCCC(=O)N(C)[C@H](CO)C(=O)N[C@H](N)C(=O)NCC(=O)N(C)[C@@H]1C(=O)N[C@@H](C)C(=O)N[C@H](C(=O)N[C@H](C)C(=O)OCC(C)C)CC2=CCC(O)C(=C2)c2cc1ccc2O. The summed E-state index contributed by atoms with van der Waals surface area (Å²) >= 11 is 0. The van der Waals surface area contributed by atoms with E-state index in [1.165, 1.54) is 97.5 Å². The molecule has 1 aromatic rings. The summed E-state index contributed by atoms with van der Waals surface area (Å²) in [5.41, 5.74) is 6.99. The van der Waals surface area contributed by atoms with Crippen LogP contribution in [0.15, 0.2) is 35.9 Å². The van der Waals surface area contributed by atoms with Crippen molar-refractivity contribution in [1.82, 2.24) is 36.4 Å². The summed E-state index contributed by atoms with van der Waals surface area (Å²) in [7, 11) is 2.65. The highest BCUT2D eigenvalue weighted by Gasteiger charge is 2.35. The molecule has 7 amide bonds. The van der Waals surface area contributed by atoms with Crippen LogP contribution >= 0.6 is 0 Å². The van der Waals surface area contributed by atoms with E-state index in [2.05, 4.69) is 33.5 Å². The molecular weight excluding hydrogens is 929 g/mol. The van der Waals surface area contributed by atoms with Gasteiger partial charge < -0.3 is 62.2 Å². The molecule has 0 fully saturated rings. The molecular formula is C52H82N8O12. The highest BCUT2D eigenvalue weighted by atomic mass is 16.5. The van der Waals surface area contributed by atoms with Crippen LogP contribution in [0.2, 0.25) is 0 Å². The van der Waals surface area contributed by atoms with E-state index in [0.29, 0.717) is 12.0 Å². The lowest BCUT2D eigenvalue weighted by atomic mass is 9.87. The highest BCUT2D eigenvalue weighted by molar-refractivity contribution is 5.97. The second-order valence-electron chi connectivity index (χ2n) is 19.5. The molecule has 402 valence electrons. The third kappa shape index (κ3) is 19.3. The number of esters is 1. The van der Waals surface area contributed by atoms with Gasteiger partial charge in [0, 0.05) is 32.5 Å². The first-order chi connectivity index (χ1) is 34.2. The predicted molar refractivity (Wildman–Crippen MR) is 271 cm³/mol. The van der Waals surface area contributed by atoms with Crippen LogP contribution in [-0.4, -0.2) is 143 Å². The highest BCUT2D eigenvalue weighted by Crippen LogP contribution is 2.36. The summed E-state index contributed by atoms with van der Waals surface area (Å²) in [5.74, 6) is -6.38. The van der Waals surface area contributed by atoms with Crippen LogP contribution in [0.4, 0.5) is 0 Å². The maximum atomic E-state index is 14.2. The van der Waals surface area contributed by atoms with Crippen LogP contribution in [0.3, 0.4) is 0 Å². The molecule has 0 radical (unpaired) electrons. The van der Waals surface area contributed by atoms with Gasteiger partial charge >= 0.3 is 5.97 Å². The van der Waals surface area contributed by atoms with Crippen molar-refractivity contribution in [2.24, 2.45) is 11.7 Å². The number of rotatable bonds is 27. The summed E-state index contributed by atoms with van der Waals surface area (Å²) < 4.78 is 5.25. The molecule has 0 aromatic heterocycles. The number of unbranched alkanes of at least 4 members (excludes halogenated alkanes) is 12. The number of likely N-dealkylation sites (N-methyl/N-ethyl adjacent to an activating group) is 2. The molecule has 0 saturated heterocycles. The minimum atomic E-state index is -1.71. The summed E-state index contributed by atoms with van der Waals surface area (Å²) in [6, 6.07) is -2.43. The lowest BCUT2D eigenvalue weighted by Gasteiger charge is -2.31. The van der Waals surface area contributed by atoms with E-state index in [9.17, 15) is 53.7 Å². The minimum absolute atomic E-state index is 0.0496. The molecule has 7 atom stereocenters. The van der Waals surface area contributed by atoms with Gasteiger partial charge in [0.25, 0.3) is 5.91 Å². The number of allylic oxidation sites excluding steroid dienone is 1. The average Bonchev–Trinajstić information content (AvgIpc) is 3.34. The molecule has 0 saturated carbocycles. The Kier molecular flexibility index (Phi) is 25.9. The van der Waals surface area contributed by atoms with E-state index in [4.69, 9.17) is 10.5 Å². The minimum Gasteiger partial charge on any atom is -0.507 e. The Bertz CT molecular complexity index is 2080. The molecule has 1 heterocycles. The van der Waals surface area contributed by atoms with E-state index in [0.717, 1.165) is 35.5 Å². The Morgan fingerprint density at radius 3 is 2.06 bits per heavy atom.